The first-order valence-corrected chi connectivity index (χ1v) is 6.01. The van der Waals surface area contributed by atoms with Crippen LogP contribution < -0.4 is 10.5 Å². The van der Waals surface area contributed by atoms with Crippen molar-refractivity contribution in [3.05, 3.63) is 45.7 Å². The Bertz CT molecular complexity index is 575. The summed E-state index contributed by atoms with van der Waals surface area (Å²) >= 11 is 11.7. The van der Waals surface area contributed by atoms with Gasteiger partial charge in [-0.25, -0.2) is 4.98 Å². The maximum atomic E-state index is 5.90. The van der Waals surface area contributed by atoms with E-state index in [0.717, 1.165) is 11.4 Å². The Morgan fingerprint density at radius 2 is 1.94 bits per heavy atom. The minimum Gasteiger partial charge on any atom is -0.424 e. The Morgan fingerprint density at radius 3 is 2.61 bits per heavy atom. The summed E-state index contributed by atoms with van der Waals surface area (Å²) in [5, 5.41) is 0.887. The molecule has 6 heteroatoms. The van der Waals surface area contributed by atoms with Gasteiger partial charge in [0.15, 0.2) is 0 Å². The van der Waals surface area contributed by atoms with Crippen molar-refractivity contribution in [2.75, 3.05) is 0 Å². The van der Waals surface area contributed by atoms with Crippen LogP contribution in [0.25, 0.3) is 0 Å². The second-order valence-corrected chi connectivity index (χ2v) is 4.48. The van der Waals surface area contributed by atoms with Crippen LogP contribution in [0.2, 0.25) is 10.0 Å². The number of benzene rings is 1. The first-order chi connectivity index (χ1) is 8.58. The third-order valence-corrected chi connectivity index (χ3v) is 2.94. The van der Waals surface area contributed by atoms with Crippen molar-refractivity contribution in [3.8, 4) is 11.8 Å². The standard InChI is InChI=1S/C12H11Cl2N3O/c1-7-4-8(6-15)17-12(16-7)18-9-2-3-10(13)11(14)5-9/h2-5H,6,15H2,1H3. The quantitative estimate of drug-likeness (QED) is 0.939. The van der Waals surface area contributed by atoms with E-state index in [2.05, 4.69) is 9.97 Å². The van der Waals surface area contributed by atoms with Gasteiger partial charge in [0.25, 0.3) is 0 Å². The van der Waals surface area contributed by atoms with E-state index in [1.165, 1.54) is 0 Å². The van der Waals surface area contributed by atoms with Crippen LogP contribution >= 0.6 is 23.2 Å². The number of aryl methyl sites for hydroxylation is 1. The zero-order chi connectivity index (χ0) is 13.1. The molecule has 0 aliphatic rings. The summed E-state index contributed by atoms with van der Waals surface area (Å²) in [7, 11) is 0. The van der Waals surface area contributed by atoms with Gasteiger partial charge < -0.3 is 10.5 Å². The Kier molecular flexibility index (Phi) is 4.01. The van der Waals surface area contributed by atoms with Gasteiger partial charge in [-0.2, -0.15) is 4.98 Å². The minimum atomic E-state index is 0.244. The predicted octanol–water partition coefficient (Wildman–Crippen LogP) is 3.34. The van der Waals surface area contributed by atoms with E-state index in [-0.39, 0.29) is 6.01 Å². The van der Waals surface area contributed by atoms with Crippen LogP contribution in [-0.2, 0) is 6.54 Å². The topological polar surface area (TPSA) is 61.0 Å². The van der Waals surface area contributed by atoms with Crippen molar-refractivity contribution in [3.63, 3.8) is 0 Å². The van der Waals surface area contributed by atoms with E-state index in [0.29, 0.717) is 22.3 Å². The molecule has 1 heterocycles. The van der Waals surface area contributed by atoms with E-state index in [9.17, 15) is 0 Å². The van der Waals surface area contributed by atoms with E-state index < -0.39 is 0 Å². The molecule has 0 radical (unpaired) electrons. The van der Waals surface area contributed by atoms with Gasteiger partial charge in [-0.1, -0.05) is 23.2 Å². The average molecular weight is 284 g/mol. The van der Waals surface area contributed by atoms with E-state index in [4.69, 9.17) is 33.7 Å². The zero-order valence-corrected chi connectivity index (χ0v) is 11.2. The van der Waals surface area contributed by atoms with Gasteiger partial charge in [0, 0.05) is 18.3 Å². The molecule has 0 saturated heterocycles. The van der Waals surface area contributed by atoms with Gasteiger partial charge in [-0.15, -0.1) is 0 Å². The molecule has 0 atom stereocenters. The number of nitrogens with two attached hydrogens (primary N) is 1. The fourth-order valence-corrected chi connectivity index (χ4v) is 1.69. The number of ether oxygens (including phenoxy) is 1. The molecule has 2 rings (SSSR count). The largest absolute Gasteiger partial charge is 0.424 e. The summed E-state index contributed by atoms with van der Waals surface area (Å²) in [5.74, 6) is 0.526. The van der Waals surface area contributed by atoms with Crippen LogP contribution in [0, 0.1) is 6.92 Å². The molecule has 18 heavy (non-hydrogen) atoms. The van der Waals surface area contributed by atoms with Crippen LogP contribution in [-0.4, -0.2) is 9.97 Å². The van der Waals surface area contributed by atoms with Crippen LogP contribution in [0.15, 0.2) is 24.3 Å². The number of hydrogen-bond donors (Lipinski definition) is 1. The molecular weight excluding hydrogens is 273 g/mol. The molecule has 0 aliphatic heterocycles. The van der Waals surface area contributed by atoms with Crippen LogP contribution in [0.3, 0.4) is 0 Å². The lowest BCUT2D eigenvalue weighted by Crippen LogP contribution is -2.03. The third kappa shape index (κ3) is 3.10. The van der Waals surface area contributed by atoms with Crippen molar-refractivity contribution >= 4 is 23.2 Å². The van der Waals surface area contributed by atoms with Crippen molar-refractivity contribution < 1.29 is 4.74 Å². The fourth-order valence-electron chi connectivity index (χ4n) is 1.40. The Labute approximate surface area is 115 Å². The molecule has 0 saturated carbocycles. The molecule has 0 aliphatic carbocycles. The summed E-state index contributed by atoms with van der Waals surface area (Å²) in [6.45, 7) is 2.18. The third-order valence-electron chi connectivity index (χ3n) is 2.20. The molecule has 2 N–H and O–H groups in total. The lowest BCUT2D eigenvalue weighted by atomic mass is 10.3. The highest BCUT2D eigenvalue weighted by molar-refractivity contribution is 6.42. The van der Waals surface area contributed by atoms with Gasteiger partial charge >= 0.3 is 6.01 Å². The second kappa shape index (κ2) is 5.52. The molecule has 0 spiro atoms. The Hall–Kier alpha value is -1.36. The van der Waals surface area contributed by atoms with Crippen LogP contribution in [0.4, 0.5) is 0 Å². The molecule has 2 aromatic rings. The highest BCUT2D eigenvalue weighted by Crippen LogP contribution is 2.28. The zero-order valence-electron chi connectivity index (χ0n) is 9.65. The SMILES string of the molecule is Cc1cc(CN)nc(Oc2ccc(Cl)c(Cl)c2)n1. The minimum absolute atomic E-state index is 0.244. The lowest BCUT2D eigenvalue weighted by molar-refractivity contribution is 0.438. The fraction of sp³-hybridized carbons (Fsp3) is 0.167. The number of rotatable bonds is 3. The summed E-state index contributed by atoms with van der Waals surface area (Å²) in [6.07, 6.45) is 0. The second-order valence-electron chi connectivity index (χ2n) is 3.67. The predicted molar refractivity (Wildman–Crippen MR) is 71.2 cm³/mol. The Balaban J connectivity index is 2.27. The van der Waals surface area contributed by atoms with Crippen molar-refractivity contribution in [2.24, 2.45) is 5.73 Å². The van der Waals surface area contributed by atoms with Gasteiger partial charge in [0.1, 0.15) is 5.75 Å². The van der Waals surface area contributed by atoms with Gasteiger partial charge in [-0.05, 0) is 25.1 Å². The molecule has 0 amide bonds. The molecule has 94 valence electrons. The normalized spacial score (nSPS) is 10.4. The first kappa shape index (κ1) is 13.1. The van der Waals surface area contributed by atoms with Crippen molar-refractivity contribution in [1.82, 2.24) is 9.97 Å². The molecular formula is C12H11Cl2N3O. The van der Waals surface area contributed by atoms with E-state index >= 15 is 0 Å². The summed E-state index contributed by atoms with van der Waals surface area (Å²) in [5.41, 5.74) is 7.05. The van der Waals surface area contributed by atoms with Crippen LogP contribution in [0.5, 0.6) is 11.8 Å². The molecule has 0 bridgehead atoms. The van der Waals surface area contributed by atoms with E-state index in [1.54, 1.807) is 18.2 Å². The number of nitrogens with zero attached hydrogens (tertiary/aromatic N) is 2. The van der Waals surface area contributed by atoms with Gasteiger partial charge in [0.05, 0.1) is 15.7 Å². The highest BCUT2D eigenvalue weighted by Gasteiger charge is 2.06. The lowest BCUT2D eigenvalue weighted by Gasteiger charge is -2.07. The number of hydrogen-bond acceptors (Lipinski definition) is 4. The monoisotopic (exact) mass is 283 g/mol. The maximum absolute atomic E-state index is 5.90. The van der Waals surface area contributed by atoms with E-state index in [1.807, 2.05) is 13.0 Å². The highest BCUT2D eigenvalue weighted by atomic mass is 35.5. The van der Waals surface area contributed by atoms with Crippen molar-refractivity contribution in [2.45, 2.75) is 13.5 Å². The molecule has 4 nitrogen and oxygen atoms in total. The Morgan fingerprint density at radius 1 is 1.17 bits per heavy atom. The average Bonchev–Trinajstić information content (AvgIpc) is 2.33. The first-order valence-electron chi connectivity index (χ1n) is 5.26. The number of halogens is 2. The summed E-state index contributed by atoms with van der Waals surface area (Å²) in [6, 6.07) is 7.01. The molecule has 1 aromatic carbocycles. The number of aromatic nitrogens is 2. The van der Waals surface area contributed by atoms with Gasteiger partial charge in [0.2, 0.25) is 0 Å². The summed E-state index contributed by atoms with van der Waals surface area (Å²) < 4.78 is 5.52. The smallest absolute Gasteiger partial charge is 0.322 e. The molecule has 1 aromatic heterocycles. The van der Waals surface area contributed by atoms with Crippen LogP contribution in [0.1, 0.15) is 11.4 Å². The van der Waals surface area contributed by atoms with Gasteiger partial charge in [-0.3, -0.25) is 0 Å². The molecule has 0 fully saturated rings. The summed E-state index contributed by atoms with van der Waals surface area (Å²) in [4.78, 5) is 8.33. The maximum Gasteiger partial charge on any atom is 0.322 e. The van der Waals surface area contributed by atoms with Crippen molar-refractivity contribution in [1.29, 1.82) is 0 Å². The molecule has 0 unspecified atom stereocenters.